The van der Waals surface area contributed by atoms with Crippen LogP contribution in [0.5, 0.6) is 0 Å². The lowest BCUT2D eigenvalue weighted by Crippen LogP contribution is -2.35. The average Bonchev–Trinajstić information content (AvgIpc) is 3.22. The van der Waals surface area contributed by atoms with Gasteiger partial charge in [0.25, 0.3) is 0 Å². The van der Waals surface area contributed by atoms with Gasteiger partial charge in [0.05, 0.1) is 17.3 Å². The third-order valence-corrected chi connectivity index (χ3v) is 5.34. The van der Waals surface area contributed by atoms with Crippen LogP contribution in [0.25, 0.3) is 0 Å². The summed E-state index contributed by atoms with van der Waals surface area (Å²) in [6.07, 6.45) is 1.31. The molecule has 1 fully saturated rings. The Morgan fingerprint density at radius 3 is 2.69 bits per heavy atom. The number of benzene rings is 1. The lowest BCUT2D eigenvalue weighted by molar-refractivity contribution is -0.136. The number of nitrogens with one attached hydrogen (secondary N) is 2. The van der Waals surface area contributed by atoms with E-state index in [0.29, 0.717) is 35.9 Å². The van der Waals surface area contributed by atoms with Gasteiger partial charge in [0, 0.05) is 28.4 Å². The van der Waals surface area contributed by atoms with Crippen molar-refractivity contribution in [2.75, 3.05) is 16.8 Å². The fourth-order valence-electron chi connectivity index (χ4n) is 2.70. The van der Waals surface area contributed by atoms with E-state index in [1.165, 1.54) is 0 Å². The first kappa shape index (κ1) is 18.4. The van der Waals surface area contributed by atoms with Gasteiger partial charge in [0.2, 0.25) is 5.91 Å². The minimum absolute atomic E-state index is 0.0357. The van der Waals surface area contributed by atoms with Gasteiger partial charge >= 0.3 is 11.8 Å². The van der Waals surface area contributed by atoms with Crippen molar-refractivity contribution in [1.82, 2.24) is 5.32 Å². The molecule has 0 spiro atoms. The standard InChI is InChI=1S/C18H18ClN3O3S/c1-11-4-6-13(26-11)10-20-17(24)18(25)21-15-9-12(5-7-14(15)19)22-8-2-3-16(22)23/h4-7,9H,2-3,8,10H2,1H3,(H,20,24)(H,21,25). The van der Waals surface area contributed by atoms with E-state index in [1.54, 1.807) is 34.4 Å². The number of rotatable bonds is 4. The highest BCUT2D eigenvalue weighted by Crippen LogP contribution is 2.29. The molecular weight excluding hydrogens is 374 g/mol. The Labute approximate surface area is 160 Å². The van der Waals surface area contributed by atoms with E-state index in [1.807, 2.05) is 19.1 Å². The molecule has 0 aliphatic carbocycles. The second-order valence-electron chi connectivity index (χ2n) is 5.96. The van der Waals surface area contributed by atoms with Crippen LogP contribution in [0.2, 0.25) is 5.02 Å². The first-order chi connectivity index (χ1) is 12.4. The molecule has 6 nitrogen and oxygen atoms in total. The second-order valence-corrected chi connectivity index (χ2v) is 7.74. The predicted octanol–water partition coefficient (Wildman–Crippen LogP) is 3.09. The maximum atomic E-state index is 12.1. The minimum Gasteiger partial charge on any atom is -0.343 e. The molecule has 0 radical (unpaired) electrons. The molecule has 1 aliphatic rings. The summed E-state index contributed by atoms with van der Waals surface area (Å²) in [5.74, 6) is -1.51. The lowest BCUT2D eigenvalue weighted by atomic mass is 10.2. The zero-order valence-corrected chi connectivity index (χ0v) is 15.7. The van der Waals surface area contributed by atoms with Gasteiger partial charge in [-0.25, -0.2) is 0 Å². The van der Waals surface area contributed by atoms with Crippen molar-refractivity contribution in [3.05, 3.63) is 45.1 Å². The minimum atomic E-state index is -0.801. The number of carbonyl (C=O) groups excluding carboxylic acids is 3. The summed E-state index contributed by atoms with van der Waals surface area (Å²) in [5, 5.41) is 5.39. The van der Waals surface area contributed by atoms with Gasteiger partial charge < -0.3 is 15.5 Å². The second kappa shape index (κ2) is 7.88. The van der Waals surface area contributed by atoms with E-state index < -0.39 is 11.8 Å². The molecule has 1 aliphatic heterocycles. The highest BCUT2D eigenvalue weighted by Gasteiger charge is 2.23. The van der Waals surface area contributed by atoms with E-state index >= 15 is 0 Å². The molecule has 8 heteroatoms. The van der Waals surface area contributed by atoms with Gasteiger partial charge in [-0.15, -0.1) is 11.3 Å². The van der Waals surface area contributed by atoms with Gasteiger partial charge in [0.15, 0.2) is 0 Å². The van der Waals surface area contributed by atoms with E-state index in [9.17, 15) is 14.4 Å². The van der Waals surface area contributed by atoms with E-state index in [0.717, 1.165) is 16.2 Å². The molecule has 3 amide bonds. The fourth-order valence-corrected chi connectivity index (χ4v) is 3.70. The van der Waals surface area contributed by atoms with Crippen LogP contribution in [-0.2, 0) is 20.9 Å². The van der Waals surface area contributed by atoms with Crippen molar-refractivity contribution in [3.63, 3.8) is 0 Å². The van der Waals surface area contributed by atoms with Gasteiger partial charge in [-0.2, -0.15) is 0 Å². The van der Waals surface area contributed by atoms with Crippen molar-refractivity contribution in [2.24, 2.45) is 0 Å². The first-order valence-electron chi connectivity index (χ1n) is 8.18. The maximum absolute atomic E-state index is 12.1. The summed E-state index contributed by atoms with van der Waals surface area (Å²) in [6.45, 7) is 2.90. The number of nitrogens with zero attached hydrogens (tertiary/aromatic N) is 1. The molecule has 1 aromatic carbocycles. The molecule has 2 N–H and O–H groups in total. The van der Waals surface area contributed by atoms with E-state index in [4.69, 9.17) is 11.6 Å². The molecule has 1 saturated heterocycles. The molecule has 136 valence electrons. The van der Waals surface area contributed by atoms with Crippen molar-refractivity contribution in [2.45, 2.75) is 26.3 Å². The summed E-state index contributed by atoms with van der Waals surface area (Å²) in [4.78, 5) is 39.8. The smallest absolute Gasteiger partial charge is 0.313 e. The van der Waals surface area contributed by atoms with Gasteiger partial charge in [-0.3, -0.25) is 14.4 Å². The number of hydrogen-bond acceptors (Lipinski definition) is 4. The average molecular weight is 392 g/mol. The Kier molecular flexibility index (Phi) is 5.58. The molecule has 2 heterocycles. The van der Waals surface area contributed by atoms with E-state index in [-0.39, 0.29) is 5.91 Å². The molecule has 1 aromatic heterocycles. The molecule has 0 saturated carbocycles. The van der Waals surface area contributed by atoms with Crippen LogP contribution in [0.15, 0.2) is 30.3 Å². The van der Waals surface area contributed by atoms with Crippen LogP contribution in [0.1, 0.15) is 22.6 Å². The SMILES string of the molecule is Cc1ccc(CNC(=O)C(=O)Nc2cc(N3CCCC3=O)ccc2Cl)s1. The summed E-state index contributed by atoms with van der Waals surface area (Å²) in [7, 11) is 0. The topological polar surface area (TPSA) is 78.5 Å². The molecular formula is C18H18ClN3O3S. The summed E-state index contributed by atoms with van der Waals surface area (Å²) < 4.78 is 0. The predicted molar refractivity (Wildman–Crippen MR) is 103 cm³/mol. The number of carbonyl (C=O) groups is 3. The number of anilines is 2. The molecule has 26 heavy (non-hydrogen) atoms. The van der Waals surface area contributed by atoms with Crippen LogP contribution in [0, 0.1) is 6.92 Å². The third kappa shape index (κ3) is 4.23. The zero-order valence-electron chi connectivity index (χ0n) is 14.2. The third-order valence-electron chi connectivity index (χ3n) is 4.01. The van der Waals surface area contributed by atoms with Gasteiger partial charge in [0.1, 0.15) is 0 Å². The Morgan fingerprint density at radius 2 is 2.04 bits per heavy atom. The highest BCUT2D eigenvalue weighted by molar-refractivity contribution is 7.11. The normalized spacial score (nSPS) is 13.8. The highest BCUT2D eigenvalue weighted by atomic mass is 35.5. The number of hydrogen-bond donors (Lipinski definition) is 2. The Balaban J connectivity index is 1.64. The number of aryl methyl sites for hydroxylation is 1. The van der Waals surface area contributed by atoms with Crippen molar-refractivity contribution in [3.8, 4) is 0 Å². The van der Waals surface area contributed by atoms with Crippen LogP contribution in [-0.4, -0.2) is 24.3 Å². The number of amides is 3. The summed E-state index contributed by atoms with van der Waals surface area (Å²) >= 11 is 7.67. The molecule has 3 rings (SSSR count). The monoisotopic (exact) mass is 391 g/mol. The Bertz CT molecular complexity index is 865. The lowest BCUT2D eigenvalue weighted by Gasteiger charge is -2.17. The van der Waals surface area contributed by atoms with Crippen molar-refractivity contribution < 1.29 is 14.4 Å². The quantitative estimate of drug-likeness (QED) is 0.786. The van der Waals surface area contributed by atoms with Crippen LogP contribution in [0.4, 0.5) is 11.4 Å². The van der Waals surface area contributed by atoms with Crippen molar-refractivity contribution in [1.29, 1.82) is 0 Å². The molecule has 2 aromatic rings. The fraction of sp³-hybridized carbons (Fsp3) is 0.278. The van der Waals surface area contributed by atoms with Crippen molar-refractivity contribution >= 4 is 52.0 Å². The molecule has 0 unspecified atom stereocenters. The Hall–Kier alpha value is -2.38. The van der Waals surface area contributed by atoms with Crippen LogP contribution < -0.4 is 15.5 Å². The molecule has 0 bridgehead atoms. The maximum Gasteiger partial charge on any atom is 0.313 e. The summed E-state index contributed by atoms with van der Waals surface area (Å²) in [5.41, 5.74) is 0.956. The summed E-state index contributed by atoms with van der Waals surface area (Å²) in [6, 6.07) is 8.80. The molecule has 0 atom stereocenters. The Morgan fingerprint density at radius 1 is 1.23 bits per heavy atom. The van der Waals surface area contributed by atoms with Crippen LogP contribution >= 0.6 is 22.9 Å². The first-order valence-corrected chi connectivity index (χ1v) is 9.38. The van der Waals surface area contributed by atoms with Gasteiger partial charge in [-0.05, 0) is 43.7 Å². The van der Waals surface area contributed by atoms with Gasteiger partial charge in [-0.1, -0.05) is 11.6 Å². The number of thiophene rings is 1. The van der Waals surface area contributed by atoms with Crippen LogP contribution in [0.3, 0.4) is 0 Å². The largest absolute Gasteiger partial charge is 0.343 e. The zero-order chi connectivity index (χ0) is 18.7. The number of halogens is 1. The van der Waals surface area contributed by atoms with E-state index in [2.05, 4.69) is 10.6 Å².